The number of benzene rings is 1. The molecule has 6 nitrogen and oxygen atoms in total. The quantitative estimate of drug-likeness (QED) is 0.475. The number of carboxylic acid groups (broad SMARTS) is 1. The Kier molecular flexibility index (Phi) is 8.26. The van der Waals surface area contributed by atoms with Crippen LogP contribution in [0.1, 0.15) is 60.1 Å². The molecule has 33 heavy (non-hydrogen) atoms. The molecule has 3 N–H and O–H groups in total. The summed E-state index contributed by atoms with van der Waals surface area (Å²) >= 11 is 0. The number of aromatic carboxylic acids is 1. The Hall–Kier alpha value is -2.54. The van der Waals surface area contributed by atoms with Crippen molar-refractivity contribution in [3.8, 4) is 0 Å². The number of aromatic nitrogens is 1. The Bertz CT molecular complexity index is 921. The molecule has 0 spiro atoms. The lowest BCUT2D eigenvalue weighted by Gasteiger charge is -2.30. The molecule has 1 aromatic carbocycles. The van der Waals surface area contributed by atoms with Gasteiger partial charge in [-0.25, -0.2) is 9.78 Å². The van der Waals surface area contributed by atoms with Crippen LogP contribution < -0.4 is 10.6 Å². The van der Waals surface area contributed by atoms with Gasteiger partial charge in [-0.05, 0) is 61.6 Å². The SMILES string of the molecule is COCCC(=Cc1ccccc1)[C@@H]1C[C@H]1NC1CCC(NCc2ccc(C(=O)O)nc2)CC1. The molecule has 0 bridgehead atoms. The largest absolute Gasteiger partial charge is 0.477 e. The van der Waals surface area contributed by atoms with Crippen LogP contribution in [0, 0.1) is 5.92 Å². The van der Waals surface area contributed by atoms with Gasteiger partial charge in [0.15, 0.2) is 0 Å². The van der Waals surface area contributed by atoms with Crippen molar-refractivity contribution in [1.82, 2.24) is 15.6 Å². The summed E-state index contributed by atoms with van der Waals surface area (Å²) in [7, 11) is 1.77. The predicted octanol–water partition coefficient (Wildman–Crippen LogP) is 4.28. The molecule has 2 aliphatic rings. The molecule has 0 aliphatic heterocycles. The molecule has 2 atom stereocenters. The molecule has 2 aliphatic carbocycles. The number of nitrogens with one attached hydrogen (secondary N) is 2. The topological polar surface area (TPSA) is 83.5 Å². The van der Waals surface area contributed by atoms with Crippen LogP contribution in [0.15, 0.2) is 54.2 Å². The van der Waals surface area contributed by atoms with E-state index in [2.05, 4.69) is 52.0 Å². The number of methoxy groups -OCH3 is 1. The predicted molar refractivity (Wildman–Crippen MR) is 130 cm³/mol. The van der Waals surface area contributed by atoms with Gasteiger partial charge >= 0.3 is 5.97 Å². The Morgan fingerprint density at radius 2 is 1.88 bits per heavy atom. The zero-order chi connectivity index (χ0) is 23.0. The Morgan fingerprint density at radius 1 is 1.12 bits per heavy atom. The molecule has 0 amide bonds. The van der Waals surface area contributed by atoms with E-state index in [9.17, 15) is 4.79 Å². The molecule has 0 saturated heterocycles. The number of ether oxygens (including phenoxy) is 1. The van der Waals surface area contributed by atoms with Gasteiger partial charge < -0.3 is 20.5 Å². The third-order valence-corrected chi connectivity index (χ3v) is 6.83. The molecular formula is C27H35N3O3. The first-order valence-electron chi connectivity index (χ1n) is 12.0. The number of rotatable bonds is 11. The normalized spacial score (nSPS) is 25.1. The van der Waals surface area contributed by atoms with Crippen LogP contribution in [0.3, 0.4) is 0 Å². The molecular weight excluding hydrogens is 414 g/mol. The third-order valence-electron chi connectivity index (χ3n) is 6.83. The van der Waals surface area contributed by atoms with Crippen LogP contribution in [0.4, 0.5) is 0 Å². The van der Waals surface area contributed by atoms with Crippen molar-refractivity contribution in [2.75, 3.05) is 13.7 Å². The van der Waals surface area contributed by atoms with E-state index < -0.39 is 5.97 Å². The first-order valence-corrected chi connectivity index (χ1v) is 12.0. The zero-order valence-corrected chi connectivity index (χ0v) is 19.4. The lowest BCUT2D eigenvalue weighted by atomic mass is 9.91. The molecule has 4 rings (SSSR count). The summed E-state index contributed by atoms with van der Waals surface area (Å²) in [5, 5.41) is 16.5. The van der Waals surface area contributed by atoms with Gasteiger partial charge in [0.25, 0.3) is 0 Å². The van der Waals surface area contributed by atoms with Gasteiger partial charge in [0.2, 0.25) is 0 Å². The van der Waals surface area contributed by atoms with Gasteiger partial charge in [-0.2, -0.15) is 0 Å². The van der Waals surface area contributed by atoms with Gasteiger partial charge in [0.05, 0.1) is 0 Å². The molecule has 1 heterocycles. The highest BCUT2D eigenvalue weighted by Crippen LogP contribution is 2.41. The lowest BCUT2D eigenvalue weighted by molar-refractivity contribution is 0.0690. The van der Waals surface area contributed by atoms with E-state index in [4.69, 9.17) is 9.84 Å². The summed E-state index contributed by atoms with van der Waals surface area (Å²) in [6.45, 7) is 1.50. The summed E-state index contributed by atoms with van der Waals surface area (Å²) in [5.74, 6) is -0.364. The van der Waals surface area contributed by atoms with E-state index in [1.807, 2.05) is 6.07 Å². The monoisotopic (exact) mass is 449 g/mol. The fourth-order valence-electron chi connectivity index (χ4n) is 4.82. The van der Waals surface area contributed by atoms with Crippen LogP contribution in [0.2, 0.25) is 0 Å². The minimum atomic E-state index is -0.986. The molecule has 6 heteroatoms. The summed E-state index contributed by atoms with van der Waals surface area (Å²) in [5.41, 5.74) is 3.88. The zero-order valence-electron chi connectivity index (χ0n) is 19.4. The van der Waals surface area contributed by atoms with E-state index in [-0.39, 0.29) is 5.69 Å². The second-order valence-electron chi connectivity index (χ2n) is 9.27. The molecule has 2 aromatic rings. The highest BCUT2D eigenvalue weighted by atomic mass is 16.5. The fraction of sp³-hybridized carbons (Fsp3) is 0.481. The average Bonchev–Trinajstić information content (AvgIpc) is 3.61. The summed E-state index contributed by atoms with van der Waals surface area (Å²) in [4.78, 5) is 14.9. The van der Waals surface area contributed by atoms with E-state index >= 15 is 0 Å². The van der Waals surface area contributed by atoms with Gasteiger partial charge in [-0.3, -0.25) is 0 Å². The Labute approximate surface area is 196 Å². The van der Waals surface area contributed by atoms with E-state index in [1.54, 1.807) is 19.4 Å². The van der Waals surface area contributed by atoms with Crippen molar-refractivity contribution < 1.29 is 14.6 Å². The van der Waals surface area contributed by atoms with E-state index in [1.165, 1.54) is 30.4 Å². The average molecular weight is 450 g/mol. The third kappa shape index (κ3) is 6.97. The summed E-state index contributed by atoms with van der Waals surface area (Å²) in [6.07, 6.45) is 10.9. The number of hydrogen-bond acceptors (Lipinski definition) is 5. The summed E-state index contributed by atoms with van der Waals surface area (Å²) < 4.78 is 5.36. The standard InChI is InChI=1S/C27H35N3O3/c1-33-14-13-21(15-19-5-3-2-4-6-19)24-16-26(24)30-23-10-8-22(9-11-23)28-17-20-7-12-25(27(31)32)29-18-20/h2-7,12,15,18,22-24,26,28,30H,8-11,13-14,16-17H2,1H3,(H,31,32)/t22?,23?,24-,26+/m0/s1. The first-order chi connectivity index (χ1) is 16.1. The molecule has 2 saturated carbocycles. The minimum absolute atomic E-state index is 0.0905. The highest BCUT2D eigenvalue weighted by Gasteiger charge is 2.40. The van der Waals surface area contributed by atoms with E-state index in [0.29, 0.717) is 24.0 Å². The Morgan fingerprint density at radius 3 is 2.55 bits per heavy atom. The van der Waals surface area contributed by atoms with Gasteiger partial charge in [0, 0.05) is 44.6 Å². The molecule has 0 radical (unpaired) electrons. The Balaban J connectivity index is 1.20. The van der Waals surface area contributed by atoms with Gasteiger partial charge in [0.1, 0.15) is 5.69 Å². The molecule has 1 aromatic heterocycles. The highest BCUT2D eigenvalue weighted by molar-refractivity contribution is 5.85. The van der Waals surface area contributed by atoms with Crippen LogP contribution in [-0.2, 0) is 11.3 Å². The first kappa shape index (κ1) is 23.6. The minimum Gasteiger partial charge on any atom is -0.477 e. The van der Waals surface area contributed by atoms with Crippen molar-refractivity contribution in [3.05, 3.63) is 71.1 Å². The van der Waals surface area contributed by atoms with Crippen molar-refractivity contribution in [2.24, 2.45) is 5.92 Å². The number of carboxylic acids is 1. The van der Waals surface area contributed by atoms with Crippen molar-refractivity contribution in [2.45, 2.75) is 63.2 Å². The van der Waals surface area contributed by atoms with Crippen LogP contribution in [0.25, 0.3) is 6.08 Å². The van der Waals surface area contributed by atoms with Crippen molar-refractivity contribution >= 4 is 12.0 Å². The summed E-state index contributed by atoms with van der Waals surface area (Å²) in [6, 6.07) is 15.7. The second-order valence-corrected chi connectivity index (χ2v) is 9.27. The van der Waals surface area contributed by atoms with Crippen molar-refractivity contribution in [1.29, 1.82) is 0 Å². The van der Waals surface area contributed by atoms with Crippen LogP contribution in [-0.4, -0.2) is 47.9 Å². The van der Waals surface area contributed by atoms with Crippen molar-refractivity contribution in [3.63, 3.8) is 0 Å². The smallest absolute Gasteiger partial charge is 0.354 e. The van der Waals surface area contributed by atoms with Gasteiger partial charge in [-0.15, -0.1) is 0 Å². The number of nitrogens with zero attached hydrogens (tertiary/aromatic N) is 1. The molecule has 2 fully saturated rings. The fourth-order valence-corrected chi connectivity index (χ4v) is 4.82. The maximum Gasteiger partial charge on any atom is 0.354 e. The van der Waals surface area contributed by atoms with Crippen LogP contribution in [0.5, 0.6) is 0 Å². The maximum absolute atomic E-state index is 10.9. The second kappa shape index (κ2) is 11.5. The lowest BCUT2D eigenvalue weighted by Crippen LogP contribution is -2.40. The number of hydrogen-bond donors (Lipinski definition) is 3. The molecule has 0 unspecified atom stereocenters. The van der Waals surface area contributed by atoms with E-state index in [0.717, 1.165) is 38.0 Å². The molecule has 176 valence electrons. The maximum atomic E-state index is 10.9. The van der Waals surface area contributed by atoms with Crippen LogP contribution >= 0.6 is 0 Å². The van der Waals surface area contributed by atoms with Gasteiger partial charge in [-0.1, -0.05) is 48.0 Å². The number of pyridine rings is 1. The number of carbonyl (C=O) groups is 1.